The van der Waals surface area contributed by atoms with Crippen molar-refractivity contribution >= 4 is 50.7 Å². The lowest BCUT2D eigenvalue weighted by Crippen LogP contribution is -2.43. The lowest BCUT2D eigenvalue weighted by molar-refractivity contribution is -0.122. The molecule has 5 nitrogen and oxygen atoms in total. The van der Waals surface area contributed by atoms with Gasteiger partial charge in [-0.15, -0.1) is 0 Å². The molecule has 0 aliphatic rings. The number of hydrogen-bond donors (Lipinski definition) is 1. The highest BCUT2D eigenvalue weighted by molar-refractivity contribution is 7.89. The van der Waals surface area contributed by atoms with Gasteiger partial charge in [0.05, 0.1) is 21.5 Å². The summed E-state index contributed by atoms with van der Waals surface area (Å²) in [5.74, 6) is -0.372. The first-order valence-corrected chi connectivity index (χ1v) is 11.7. The number of amides is 1. The van der Waals surface area contributed by atoms with E-state index in [1.165, 1.54) is 24.3 Å². The molecule has 0 spiro atoms. The minimum Gasteiger partial charge on any atom is -0.353 e. The van der Waals surface area contributed by atoms with E-state index in [2.05, 4.69) is 5.32 Å². The molecule has 0 fully saturated rings. The third-order valence-electron chi connectivity index (χ3n) is 4.24. The number of carbonyl (C=O) groups excluding carboxylic acids is 1. The van der Waals surface area contributed by atoms with E-state index in [0.29, 0.717) is 20.6 Å². The minimum atomic E-state index is -3.94. The number of hydrogen-bond acceptors (Lipinski definition) is 3. The van der Waals surface area contributed by atoms with E-state index in [4.69, 9.17) is 34.8 Å². The molecule has 158 valence electrons. The molecule has 1 amide bonds. The van der Waals surface area contributed by atoms with Crippen LogP contribution in [0.1, 0.15) is 32.3 Å². The van der Waals surface area contributed by atoms with E-state index in [1.54, 1.807) is 18.2 Å². The van der Waals surface area contributed by atoms with Gasteiger partial charge in [0.25, 0.3) is 0 Å². The Labute approximate surface area is 187 Å². The number of rotatable bonds is 9. The number of nitrogens with one attached hydrogen (secondary N) is 1. The molecule has 9 heteroatoms. The zero-order valence-corrected chi connectivity index (χ0v) is 19.2. The maximum absolute atomic E-state index is 13.2. The van der Waals surface area contributed by atoms with Gasteiger partial charge < -0.3 is 5.32 Å². The van der Waals surface area contributed by atoms with Crippen LogP contribution in [0.15, 0.2) is 47.4 Å². The first kappa shape index (κ1) is 24.0. The highest BCUT2D eigenvalue weighted by atomic mass is 35.5. The second-order valence-corrected chi connectivity index (χ2v) is 9.92. The summed E-state index contributed by atoms with van der Waals surface area (Å²) in [4.78, 5) is 12.5. The fraction of sp³-hybridized carbons (Fsp3) is 0.350. The monoisotopic (exact) mass is 476 g/mol. The van der Waals surface area contributed by atoms with E-state index in [0.717, 1.165) is 17.1 Å². The van der Waals surface area contributed by atoms with Gasteiger partial charge in [0, 0.05) is 17.6 Å². The standard InChI is InChI=1S/C20H23Cl3N2O3S/c1-3-4-14(2)24-20(26)13-25(12-15-5-10-18(22)19(23)11-15)29(27,28)17-8-6-16(21)7-9-17/h5-11,14H,3-4,12-13H2,1-2H3,(H,24,26)/t14-/m1/s1. The van der Waals surface area contributed by atoms with Crippen LogP contribution >= 0.6 is 34.8 Å². The van der Waals surface area contributed by atoms with Gasteiger partial charge >= 0.3 is 0 Å². The first-order valence-electron chi connectivity index (χ1n) is 9.12. The Morgan fingerprint density at radius 2 is 1.72 bits per heavy atom. The van der Waals surface area contributed by atoms with Crippen LogP contribution < -0.4 is 5.32 Å². The van der Waals surface area contributed by atoms with Crippen LogP contribution in [-0.2, 0) is 21.4 Å². The third-order valence-corrected chi connectivity index (χ3v) is 7.04. The zero-order chi connectivity index (χ0) is 21.6. The average Bonchev–Trinajstić information content (AvgIpc) is 2.64. The predicted molar refractivity (Wildman–Crippen MR) is 118 cm³/mol. The molecule has 0 aliphatic heterocycles. The largest absolute Gasteiger partial charge is 0.353 e. The number of halogens is 3. The van der Waals surface area contributed by atoms with E-state index in [9.17, 15) is 13.2 Å². The summed E-state index contributed by atoms with van der Waals surface area (Å²) in [6.45, 7) is 3.55. The molecule has 0 heterocycles. The minimum absolute atomic E-state index is 0.0303. The molecule has 2 aromatic carbocycles. The second-order valence-electron chi connectivity index (χ2n) is 6.73. The summed E-state index contributed by atoms with van der Waals surface area (Å²) >= 11 is 17.9. The lowest BCUT2D eigenvalue weighted by Gasteiger charge is -2.23. The Hall–Kier alpha value is -1.31. The summed E-state index contributed by atoms with van der Waals surface area (Å²) in [7, 11) is -3.94. The Morgan fingerprint density at radius 3 is 2.31 bits per heavy atom. The number of carbonyl (C=O) groups is 1. The van der Waals surface area contributed by atoms with Gasteiger partial charge in [0.2, 0.25) is 15.9 Å². The second kappa shape index (κ2) is 10.6. The Morgan fingerprint density at radius 1 is 1.07 bits per heavy atom. The maximum atomic E-state index is 13.2. The molecule has 29 heavy (non-hydrogen) atoms. The van der Waals surface area contributed by atoms with Crippen molar-refractivity contribution in [2.24, 2.45) is 0 Å². The normalized spacial score (nSPS) is 12.8. The predicted octanol–water partition coefficient (Wildman–Crippen LogP) is 5.14. The summed E-state index contributed by atoms with van der Waals surface area (Å²) < 4.78 is 27.5. The van der Waals surface area contributed by atoms with Crippen molar-refractivity contribution in [3.05, 3.63) is 63.1 Å². The molecule has 0 aliphatic carbocycles. The van der Waals surface area contributed by atoms with Crippen LogP contribution in [0, 0.1) is 0 Å². The van der Waals surface area contributed by atoms with E-state index >= 15 is 0 Å². The SMILES string of the molecule is CCC[C@@H](C)NC(=O)CN(Cc1ccc(Cl)c(Cl)c1)S(=O)(=O)c1ccc(Cl)cc1. The molecule has 0 unspecified atom stereocenters. The molecule has 1 atom stereocenters. The molecule has 0 saturated carbocycles. The van der Waals surface area contributed by atoms with Crippen molar-refractivity contribution in [1.82, 2.24) is 9.62 Å². The first-order chi connectivity index (χ1) is 13.6. The lowest BCUT2D eigenvalue weighted by atomic mass is 10.2. The molecule has 0 aromatic heterocycles. The Bertz CT molecular complexity index is 950. The Kier molecular flexibility index (Phi) is 8.79. The van der Waals surface area contributed by atoms with Gasteiger partial charge in [0.15, 0.2) is 0 Å². The van der Waals surface area contributed by atoms with Gasteiger partial charge in [-0.05, 0) is 55.3 Å². The number of nitrogens with zero attached hydrogens (tertiary/aromatic N) is 1. The van der Waals surface area contributed by atoms with Crippen LogP contribution in [-0.4, -0.2) is 31.2 Å². The van der Waals surface area contributed by atoms with Crippen molar-refractivity contribution < 1.29 is 13.2 Å². The van der Waals surface area contributed by atoms with Gasteiger partial charge in [0.1, 0.15) is 0 Å². The van der Waals surface area contributed by atoms with Gasteiger partial charge in [-0.25, -0.2) is 8.42 Å². The van der Waals surface area contributed by atoms with Crippen LogP contribution in [0.4, 0.5) is 0 Å². The number of sulfonamides is 1. The van der Waals surface area contributed by atoms with Crippen molar-refractivity contribution in [3.8, 4) is 0 Å². The van der Waals surface area contributed by atoms with Crippen LogP contribution in [0.2, 0.25) is 15.1 Å². The van der Waals surface area contributed by atoms with Crippen molar-refractivity contribution in [2.45, 2.75) is 44.2 Å². The summed E-state index contributed by atoms with van der Waals surface area (Å²) in [5, 5.41) is 3.94. The summed E-state index contributed by atoms with van der Waals surface area (Å²) in [5.41, 5.74) is 0.617. The quantitative estimate of drug-likeness (QED) is 0.543. The molecular weight excluding hydrogens is 455 g/mol. The molecule has 2 rings (SSSR count). The molecule has 1 N–H and O–H groups in total. The van der Waals surface area contributed by atoms with Crippen molar-refractivity contribution in [2.75, 3.05) is 6.54 Å². The number of benzene rings is 2. The van der Waals surface area contributed by atoms with Crippen molar-refractivity contribution in [3.63, 3.8) is 0 Å². The maximum Gasteiger partial charge on any atom is 0.243 e. The highest BCUT2D eigenvalue weighted by Crippen LogP contribution is 2.25. The van der Waals surface area contributed by atoms with E-state index in [-0.39, 0.29) is 29.9 Å². The van der Waals surface area contributed by atoms with Gasteiger partial charge in [-0.2, -0.15) is 4.31 Å². The molecular formula is C20H23Cl3N2O3S. The van der Waals surface area contributed by atoms with Crippen LogP contribution in [0.5, 0.6) is 0 Å². The Balaban J connectivity index is 2.32. The fourth-order valence-corrected chi connectivity index (χ4v) is 4.64. The van der Waals surface area contributed by atoms with Gasteiger partial charge in [-0.3, -0.25) is 4.79 Å². The highest BCUT2D eigenvalue weighted by Gasteiger charge is 2.27. The topological polar surface area (TPSA) is 66.5 Å². The van der Waals surface area contributed by atoms with E-state index < -0.39 is 10.0 Å². The fourth-order valence-electron chi connectivity index (χ4n) is 2.81. The molecule has 0 saturated heterocycles. The molecule has 0 radical (unpaired) electrons. The third kappa shape index (κ3) is 6.86. The summed E-state index contributed by atoms with van der Waals surface area (Å²) in [6.07, 6.45) is 1.72. The molecule has 2 aromatic rings. The molecule has 0 bridgehead atoms. The van der Waals surface area contributed by atoms with Gasteiger partial charge in [-0.1, -0.05) is 54.2 Å². The van der Waals surface area contributed by atoms with Crippen LogP contribution in [0.25, 0.3) is 0 Å². The van der Waals surface area contributed by atoms with E-state index in [1.807, 2.05) is 13.8 Å². The van der Waals surface area contributed by atoms with Crippen LogP contribution in [0.3, 0.4) is 0 Å². The smallest absolute Gasteiger partial charge is 0.243 e. The average molecular weight is 478 g/mol. The van der Waals surface area contributed by atoms with Crippen molar-refractivity contribution in [1.29, 1.82) is 0 Å². The summed E-state index contributed by atoms with van der Waals surface area (Å²) in [6, 6.07) is 10.6. The zero-order valence-electron chi connectivity index (χ0n) is 16.2.